The lowest BCUT2D eigenvalue weighted by atomic mass is 9.48. The molecule has 1 aromatic heterocycles. The number of hydrogen-bond acceptors (Lipinski definition) is 5. The van der Waals surface area contributed by atoms with Crippen LogP contribution in [0.1, 0.15) is 63.0 Å². The first-order valence-corrected chi connectivity index (χ1v) is 11.7. The minimum atomic E-state index is -3.94. The molecule has 5 rings (SSSR count). The van der Waals surface area contributed by atoms with Gasteiger partial charge in [-0.2, -0.15) is 8.42 Å². The topological polar surface area (TPSA) is 78.3 Å². The van der Waals surface area contributed by atoms with E-state index in [4.69, 9.17) is 4.18 Å². The maximum atomic E-state index is 12.6. The number of aromatic nitrogens is 2. The molecule has 3 aliphatic carbocycles. The summed E-state index contributed by atoms with van der Waals surface area (Å²) < 4.78 is 31.0. The Morgan fingerprint density at radius 2 is 2.00 bits per heavy atom. The van der Waals surface area contributed by atoms with Crippen molar-refractivity contribution in [1.82, 2.24) is 8.96 Å². The molecule has 0 N–H and O–H groups in total. The summed E-state index contributed by atoms with van der Waals surface area (Å²) in [5.74, 6) is 1.63. The summed E-state index contributed by atoms with van der Waals surface area (Å²) in [6, 6.07) is 5.67. The van der Waals surface area contributed by atoms with E-state index in [2.05, 4.69) is 18.8 Å². The molecule has 6 nitrogen and oxygen atoms in total. The fraction of sp³-hybridized carbons (Fsp3) is 0.545. The van der Waals surface area contributed by atoms with E-state index in [-0.39, 0.29) is 10.8 Å². The fourth-order valence-electron chi connectivity index (χ4n) is 6.46. The molecule has 2 aromatic rings. The minimum absolute atomic E-state index is 0.122. The second-order valence-corrected chi connectivity index (χ2v) is 10.8. The van der Waals surface area contributed by atoms with Gasteiger partial charge in [0.1, 0.15) is 17.9 Å². The Morgan fingerprint density at radius 3 is 2.76 bits per heavy atom. The first kappa shape index (κ1) is 18.9. The molecule has 1 heterocycles. The second-order valence-electron chi connectivity index (χ2n) is 9.32. The molecule has 0 radical (unpaired) electrons. The number of fused-ring (bicyclic) bond motifs is 5. The van der Waals surface area contributed by atoms with Gasteiger partial charge in [0, 0.05) is 24.2 Å². The quantitative estimate of drug-likeness (QED) is 0.762. The molecular formula is C22H26N2O4S. The number of hydrogen-bond donors (Lipinski definition) is 0. The van der Waals surface area contributed by atoms with Crippen molar-refractivity contribution in [3.05, 3.63) is 48.0 Å². The van der Waals surface area contributed by atoms with Crippen LogP contribution in [-0.4, -0.2) is 23.2 Å². The van der Waals surface area contributed by atoms with Crippen LogP contribution >= 0.6 is 0 Å². The molecule has 154 valence electrons. The molecule has 2 fully saturated rings. The Hall–Kier alpha value is -2.15. The van der Waals surface area contributed by atoms with Gasteiger partial charge in [0.05, 0.1) is 0 Å². The maximum Gasteiger partial charge on any atom is 0.414 e. The molecule has 0 bridgehead atoms. The van der Waals surface area contributed by atoms with Crippen LogP contribution in [0.2, 0.25) is 0 Å². The highest BCUT2D eigenvalue weighted by atomic mass is 32.2. The van der Waals surface area contributed by atoms with Crippen LogP contribution < -0.4 is 4.18 Å². The first-order chi connectivity index (χ1) is 13.7. The molecule has 1 aromatic carbocycles. The van der Waals surface area contributed by atoms with Crippen LogP contribution in [0.15, 0.2) is 36.9 Å². The number of carbonyl (C=O) groups excluding carboxylic acids is 1. The SMILES string of the molecule is C[C@@]12CCc3cc(OS(=O)(=O)n4ccnc4)ccc3[C@H]1CC[C@]1(C)C(=O)CC[C@@H]21. The Balaban J connectivity index is 1.46. The Kier molecular flexibility index (Phi) is 4.01. The lowest BCUT2D eigenvalue weighted by Crippen LogP contribution is -2.49. The zero-order chi connectivity index (χ0) is 20.4. The van der Waals surface area contributed by atoms with Crippen molar-refractivity contribution in [3.63, 3.8) is 0 Å². The van der Waals surface area contributed by atoms with E-state index in [0.717, 1.165) is 42.5 Å². The highest BCUT2D eigenvalue weighted by molar-refractivity contribution is 7.85. The molecule has 0 aliphatic heterocycles. The molecule has 0 unspecified atom stereocenters. The van der Waals surface area contributed by atoms with Crippen LogP contribution in [0.5, 0.6) is 5.75 Å². The van der Waals surface area contributed by atoms with E-state index < -0.39 is 10.3 Å². The predicted molar refractivity (Wildman–Crippen MR) is 108 cm³/mol. The highest BCUT2D eigenvalue weighted by Crippen LogP contribution is 2.65. The molecule has 0 spiro atoms. The number of aryl methyl sites for hydroxylation is 1. The number of ketones is 1. The number of rotatable bonds is 3. The van der Waals surface area contributed by atoms with E-state index >= 15 is 0 Å². The monoisotopic (exact) mass is 414 g/mol. The van der Waals surface area contributed by atoms with Gasteiger partial charge >= 0.3 is 10.3 Å². The fourth-order valence-corrected chi connectivity index (χ4v) is 7.27. The van der Waals surface area contributed by atoms with E-state index in [9.17, 15) is 13.2 Å². The minimum Gasteiger partial charge on any atom is -0.366 e. The highest BCUT2D eigenvalue weighted by Gasteiger charge is 2.59. The third-order valence-corrected chi connectivity index (χ3v) is 9.11. The molecule has 4 atom stereocenters. The summed E-state index contributed by atoms with van der Waals surface area (Å²) >= 11 is 0. The first-order valence-electron chi connectivity index (χ1n) is 10.3. The number of Topliss-reactive ketones (excluding diaryl/α,β-unsaturated/α-hetero) is 1. The molecular weight excluding hydrogens is 388 g/mol. The van der Waals surface area contributed by atoms with Crippen LogP contribution in [-0.2, 0) is 21.5 Å². The van der Waals surface area contributed by atoms with Gasteiger partial charge in [-0.25, -0.2) is 8.96 Å². The van der Waals surface area contributed by atoms with Crippen molar-refractivity contribution >= 4 is 16.1 Å². The van der Waals surface area contributed by atoms with Gasteiger partial charge < -0.3 is 4.18 Å². The van der Waals surface area contributed by atoms with Crippen molar-refractivity contribution in [1.29, 1.82) is 0 Å². The normalized spacial score (nSPS) is 33.7. The number of benzene rings is 1. The van der Waals surface area contributed by atoms with Crippen molar-refractivity contribution in [2.75, 3.05) is 0 Å². The summed E-state index contributed by atoms with van der Waals surface area (Å²) in [5.41, 5.74) is 2.42. The molecule has 2 saturated carbocycles. The maximum absolute atomic E-state index is 12.6. The summed E-state index contributed by atoms with van der Waals surface area (Å²) in [7, 11) is -3.94. The van der Waals surface area contributed by atoms with Crippen LogP contribution in [0.4, 0.5) is 0 Å². The second kappa shape index (κ2) is 6.17. The average molecular weight is 415 g/mol. The van der Waals surface area contributed by atoms with Gasteiger partial charge in [-0.3, -0.25) is 4.79 Å². The van der Waals surface area contributed by atoms with Crippen molar-refractivity contribution < 1.29 is 17.4 Å². The summed E-state index contributed by atoms with van der Waals surface area (Å²) in [6.07, 6.45) is 9.54. The molecule has 29 heavy (non-hydrogen) atoms. The van der Waals surface area contributed by atoms with Gasteiger partial charge in [0.25, 0.3) is 0 Å². The van der Waals surface area contributed by atoms with Gasteiger partial charge in [-0.05, 0) is 72.6 Å². The van der Waals surface area contributed by atoms with E-state index in [1.54, 1.807) is 6.07 Å². The Bertz CT molecular complexity index is 1080. The molecule has 7 heteroatoms. The van der Waals surface area contributed by atoms with E-state index in [1.807, 2.05) is 12.1 Å². The Labute approximate surface area is 171 Å². The average Bonchev–Trinajstić information content (AvgIpc) is 3.31. The van der Waals surface area contributed by atoms with Gasteiger partial charge in [-0.15, -0.1) is 0 Å². The standard InChI is InChI=1S/C22H26N2O4S/c1-21-9-7-15-13-16(28-29(26,27)24-12-11-23-14-24)3-4-17(15)18(21)8-10-22(2)19(21)5-6-20(22)25/h3-4,11-14,18-19H,5-10H2,1-2H3/t18-,19+,21-,22+/m1/s1. The van der Waals surface area contributed by atoms with Crippen LogP contribution in [0.25, 0.3) is 0 Å². The van der Waals surface area contributed by atoms with Crippen molar-refractivity contribution in [3.8, 4) is 5.75 Å². The molecule has 0 amide bonds. The van der Waals surface area contributed by atoms with Gasteiger partial charge in [0.15, 0.2) is 0 Å². The summed E-state index contributed by atoms with van der Waals surface area (Å²) in [5, 5.41) is 0. The van der Waals surface area contributed by atoms with Gasteiger partial charge in [-0.1, -0.05) is 19.9 Å². The summed E-state index contributed by atoms with van der Waals surface area (Å²) in [6.45, 7) is 4.55. The third-order valence-electron chi connectivity index (χ3n) is 7.97. The lowest BCUT2D eigenvalue weighted by molar-refractivity contribution is -0.132. The zero-order valence-corrected chi connectivity index (χ0v) is 17.6. The van der Waals surface area contributed by atoms with Crippen molar-refractivity contribution in [2.24, 2.45) is 16.7 Å². The smallest absolute Gasteiger partial charge is 0.366 e. The van der Waals surface area contributed by atoms with Crippen LogP contribution in [0, 0.1) is 16.7 Å². The zero-order valence-electron chi connectivity index (χ0n) is 16.8. The number of nitrogens with zero attached hydrogens (tertiary/aromatic N) is 2. The largest absolute Gasteiger partial charge is 0.414 e. The summed E-state index contributed by atoms with van der Waals surface area (Å²) in [4.78, 5) is 16.4. The number of carbonyl (C=O) groups is 1. The van der Waals surface area contributed by atoms with E-state index in [0.29, 0.717) is 23.4 Å². The van der Waals surface area contributed by atoms with Crippen LogP contribution in [0.3, 0.4) is 0 Å². The predicted octanol–water partition coefficient (Wildman–Crippen LogP) is 3.87. The lowest BCUT2D eigenvalue weighted by Gasteiger charge is -2.55. The number of imidazole rings is 1. The van der Waals surface area contributed by atoms with Crippen molar-refractivity contribution in [2.45, 2.75) is 58.3 Å². The van der Waals surface area contributed by atoms with Gasteiger partial charge in [0.2, 0.25) is 0 Å². The molecule has 0 saturated heterocycles. The van der Waals surface area contributed by atoms with E-state index in [1.165, 1.54) is 29.8 Å². The third kappa shape index (κ3) is 2.70. The molecule has 3 aliphatic rings. The Morgan fingerprint density at radius 1 is 1.17 bits per heavy atom.